The Morgan fingerprint density at radius 3 is 2.07 bits per heavy atom. The number of nitrogens with one attached hydrogen (secondary N) is 2. The molecule has 0 aliphatic heterocycles. The molecule has 0 bridgehead atoms. The highest BCUT2D eigenvalue weighted by Crippen LogP contribution is 2.27. The molecular formula is C21H18ClN3O3. The van der Waals surface area contributed by atoms with Crippen molar-refractivity contribution in [3.05, 3.63) is 82.6 Å². The highest BCUT2D eigenvalue weighted by atomic mass is 35.5. The first-order valence-corrected chi connectivity index (χ1v) is 8.84. The van der Waals surface area contributed by atoms with E-state index in [0.29, 0.717) is 22.1 Å². The minimum absolute atomic E-state index is 0.115. The summed E-state index contributed by atoms with van der Waals surface area (Å²) in [6.45, 7) is 1.93. The number of pyridine rings is 1. The molecule has 1 heterocycles. The van der Waals surface area contributed by atoms with E-state index < -0.39 is 11.8 Å². The number of ether oxygens (including phenoxy) is 1. The molecule has 6 nitrogen and oxygen atoms in total. The Hall–Kier alpha value is -3.38. The number of anilines is 2. The highest BCUT2D eigenvalue weighted by Gasteiger charge is 2.13. The molecule has 3 rings (SSSR count). The van der Waals surface area contributed by atoms with Crippen LogP contribution in [-0.2, 0) is 0 Å². The van der Waals surface area contributed by atoms with Gasteiger partial charge in [-0.05, 0) is 55.0 Å². The third kappa shape index (κ3) is 4.66. The van der Waals surface area contributed by atoms with Gasteiger partial charge in [-0.3, -0.25) is 9.59 Å². The van der Waals surface area contributed by atoms with Crippen LogP contribution in [0.25, 0.3) is 0 Å². The molecule has 28 heavy (non-hydrogen) atoms. The Morgan fingerprint density at radius 1 is 0.893 bits per heavy atom. The monoisotopic (exact) mass is 395 g/mol. The van der Waals surface area contributed by atoms with Gasteiger partial charge in [-0.2, -0.15) is 0 Å². The van der Waals surface area contributed by atoms with E-state index in [1.807, 2.05) is 25.1 Å². The van der Waals surface area contributed by atoms with Crippen LogP contribution in [0.15, 0.2) is 60.7 Å². The number of halogens is 1. The Kier molecular flexibility index (Phi) is 5.91. The van der Waals surface area contributed by atoms with Crippen molar-refractivity contribution in [3.63, 3.8) is 0 Å². The molecule has 0 aliphatic rings. The summed E-state index contributed by atoms with van der Waals surface area (Å²) in [5.74, 6) is -0.341. The fraction of sp³-hybridized carbons (Fsp3) is 0.0952. The molecule has 0 unspecified atom stereocenters. The molecule has 0 radical (unpaired) electrons. The summed E-state index contributed by atoms with van der Waals surface area (Å²) in [7, 11) is 1.51. The number of rotatable bonds is 5. The summed E-state index contributed by atoms with van der Waals surface area (Å²) in [4.78, 5) is 29.1. The molecule has 3 aromatic rings. The zero-order valence-electron chi connectivity index (χ0n) is 15.3. The van der Waals surface area contributed by atoms with Crippen LogP contribution in [0.5, 0.6) is 5.75 Å². The number of nitrogens with zero attached hydrogens (tertiary/aromatic N) is 1. The van der Waals surface area contributed by atoms with Gasteiger partial charge in [-0.1, -0.05) is 29.8 Å². The van der Waals surface area contributed by atoms with Crippen molar-refractivity contribution in [3.8, 4) is 5.75 Å². The fourth-order valence-corrected chi connectivity index (χ4v) is 2.80. The van der Waals surface area contributed by atoms with Crippen molar-refractivity contribution in [2.75, 3.05) is 17.7 Å². The van der Waals surface area contributed by atoms with Gasteiger partial charge in [-0.25, -0.2) is 4.98 Å². The molecule has 0 saturated heterocycles. The molecule has 0 atom stereocenters. The minimum Gasteiger partial charge on any atom is -0.495 e. The van der Waals surface area contributed by atoms with Crippen LogP contribution in [0.3, 0.4) is 0 Å². The number of benzene rings is 2. The molecule has 142 valence electrons. The number of amides is 2. The van der Waals surface area contributed by atoms with Gasteiger partial charge in [0.15, 0.2) is 0 Å². The van der Waals surface area contributed by atoms with Crippen molar-refractivity contribution in [2.45, 2.75) is 6.92 Å². The van der Waals surface area contributed by atoms with Crippen LogP contribution in [-0.4, -0.2) is 23.9 Å². The zero-order chi connectivity index (χ0) is 20.1. The van der Waals surface area contributed by atoms with E-state index in [1.165, 1.54) is 13.2 Å². The fourth-order valence-electron chi connectivity index (χ4n) is 2.54. The summed E-state index contributed by atoms with van der Waals surface area (Å²) in [6, 6.07) is 17.0. The molecule has 7 heteroatoms. The van der Waals surface area contributed by atoms with Crippen LogP contribution in [0, 0.1) is 6.92 Å². The van der Waals surface area contributed by atoms with Crippen molar-refractivity contribution < 1.29 is 14.3 Å². The predicted molar refractivity (Wildman–Crippen MR) is 109 cm³/mol. The summed E-state index contributed by atoms with van der Waals surface area (Å²) >= 11 is 6.07. The smallest absolute Gasteiger partial charge is 0.274 e. The van der Waals surface area contributed by atoms with E-state index in [-0.39, 0.29) is 11.4 Å². The second-order valence-electron chi connectivity index (χ2n) is 6.04. The third-order valence-electron chi connectivity index (χ3n) is 3.90. The quantitative estimate of drug-likeness (QED) is 0.663. The molecule has 0 fully saturated rings. The van der Waals surface area contributed by atoms with Crippen molar-refractivity contribution >= 4 is 34.8 Å². The van der Waals surface area contributed by atoms with E-state index in [9.17, 15) is 9.59 Å². The van der Waals surface area contributed by atoms with Crippen molar-refractivity contribution in [1.82, 2.24) is 4.98 Å². The normalized spacial score (nSPS) is 10.2. The summed E-state index contributed by atoms with van der Waals surface area (Å²) < 4.78 is 5.09. The highest BCUT2D eigenvalue weighted by molar-refractivity contribution is 6.32. The second kappa shape index (κ2) is 8.54. The van der Waals surface area contributed by atoms with E-state index in [2.05, 4.69) is 15.6 Å². The number of carbonyl (C=O) groups is 2. The average Bonchev–Trinajstić information content (AvgIpc) is 2.68. The lowest BCUT2D eigenvalue weighted by Gasteiger charge is -2.09. The molecule has 0 saturated carbocycles. The number of aromatic nitrogens is 1. The Morgan fingerprint density at radius 2 is 1.50 bits per heavy atom. The van der Waals surface area contributed by atoms with Crippen LogP contribution < -0.4 is 15.4 Å². The second-order valence-corrected chi connectivity index (χ2v) is 6.44. The van der Waals surface area contributed by atoms with Crippen molar-refractivity contribution in [1.29, 1.82) is 0 Å². The molecular weight excluding hydrogens is 378 g/mol. The lowest BCUT2D eigenvalue weighted by Crippen LogP contribution is -2.18. The maximum Gasteiger partial charge on any atom is 0.274 e. The topological polar surface area (TPSA) is 80.3 Å². The first-order valence-electron chi connectivity index (χ1n) is 8.46. The lowest BCUT2D eigenvalue weighted by molar-refractivity contribution is 0.101. The maximum atomic E-state index is 12.5. The molecule has 2 N–H and O–H groups in total. The average molecular weight is 396 g/mol. The van der Waals surface area contributed by atoms with Gasteiger partial charge in [0, 0.05) is 11.4 Å². The largest absolute Gasteiger partial charge is 0.495 e. The summed E-state index contributed by atoms with van der Waals surface area (Å²) in [5.41, 5.74) is 2.43. The number of hydrogen-bond acceptors (Lipinski definition) is 4. The van der Waals surface area contributed by atoms with Crippen LogP contribution in [0.1, 0.15) is 26.5 Å². The minimum atomic E-state index is -0.452. The van der Waals surface area contributed by atoms with Gasteiger partial charge >= 0.3 is 0 Å². The summed E-state index contributed by atoms with van der Waals surface area (Å²) in [5, 5.41) is 5.85. The van der Waals surface area contributed by atoms with E-state index in [1.54, 1.807) is 36.4 Å². The summed E-state index contributed by atoms with van der Waals surface area (Å²) in [6.07, 6.45) is 0. The number of carbonyl (C=O) groups excluding carboxylic acids is 2. The first-order chi connectivity index (χ1) is 13.5. The number of hydrogen-bond donors (Lipinski definition) is 2. The molecule has 2 aromatic carbocycles. The van der Waals surface area contributed by atoms with Gasteiger partial charge in [0.1, 0.15) is 17.1 Å². The predicted octanol–water partition coefficient (Wildman–Crippen LogP) is 4.56. The number of methoxy groups -OCH3 is 1. The van der Waals surface area contributed by atoms with E-state index >= 15 is 0 Å². The van der Waals surface area contributed by atoms with Gasteiger partial charge in [0.2, 0.25) is 0 Å². The van der Waals surface area contributed by atoms with Gasteiger partial charge in [0.25, 0.3) is 11.8 Å². The molecule has 1 aromatic heterocycles. The van der Waals surface area contributed by atoms with Crippen LogP contribution in [0.2, 0.25) is 5.02 Å². The van der Waals surface area contributed by atoms with E-state index in [0.717, 1.165) is 5.56 Å². The lowest BCUT2D eigenvalue weighted by atomic mass is 10.2. The Bertz CT molecular complexity index is 1040. The molecule has 0 spiro atoms. The van der Waals surface area contributed by atoms with Gasteiger partial charge in [0.05, 0.1) is 12.1 Å². The van der Waals surface area contributed by atoms with Crippen molar-refractivity contribution in [2.24, 2.45) is 0 Å². The number of aryl methyl sites for hydroxylation is 1. The Balaban J connectivity index is 1.74. The van der Waals surface area contributed by atoms with Crippen LogP contribution >= 0.6 is 11.6 Å². The van der Waals surface area contributed by atoms with Crippen LogP contribution in [0.4, 0.5) is 11.4 Å². The zero-order valence-corrected chi connectivity index (χ0v) is 16.1. The Labute approximate surface area is 167 Å². The third-order valence-corrected chi connectivity index (χ3v) is 4.20. The molecule has 2 amide bonds. The van der Waals surface area contributed by atoms with Gasteiger partial charge in [-0.15, -0.1) is 0 Å². The van der Waals surface area contributed by atoms with E-state index in [4.69, 9.17) is 16.3 Å². The maximum absolute atomic E-state index is 12.5. The van der Waals surface area contributed by atoms with Gasteiger partial charge < -0.3 is 15.4 Å². The SMILES string of the molecule is COc1ccc(NC(=O)c2cccc(C(=O)Nc3cccc(C)c3)n2)cc1Cl. The molecule has 0 aliphatic carbocycles. The standard InChI is InChI=1S/C21H18ClN3O3/c1-13-5-3-6-14(11-13)23-20(26)17-7-4-8-18(25-17)21(27)24-15-9-10-19(28-2)16(22)12-15/h3-12H,1-2H3,(H,23,26)(H,24,27). The first kappa shape index (κ1) is 19.4.